The van der Waals surface area contributed by atoms with E-state index in [9.17, 15) is 22.8 Å². The number of rotatable bonds is 5. The van der Waals surface area contributed by atoms with Gasteiger partial charge < -0.3 is 14.8 Å². The Labute approximate surface area is 210 Å². The van der Waals surface area contributed by atoms with Gasteiger partial charge >= 0.3 is 6.18 Å². The number of piperidine rings is 1. The van der Waals surface area contributed by atoms with Crippen molar-refractivity contribution in [1.29, 1.82) is 0 Å². The van der Waals surface area contributed by atoms with E-state index in [1.807, 2.05) is 31.2 Å². The summed E-state index contributed by atoms with van der Waals surface area (Å²) in [5, 5.41) is 15.0. The molecule has 37 heavy (non-hydrogen) atoms. The number of nitrogens with zero attached hydrogens (tertiary/aromatic N) is 5. The van der Waals surface area contributed by atoms with Crippen LogP contribution in [-0.4, -0.2) is 47.8 Å². The van der Waals surface area contributed by atoms with E-state index in [0.717, 1.165) is 34.4 Å². The van der Waals surface area contributed by atoms with Crippen LogP contribution in [0, 0.1) is 0 Å². The number of halogens is 3. The second kappa shape index (κ2) is 9.41. The molecule has 0 bridgehead atoms. The number of fused-ring (bicyclic) bond motifs is 1. The Morgan fingerprint density at radius 1 is 1.16 bits per heavy atom. The first-order valence-corrected chi connectivity index (χ1v) is 12.0. The number of aromatic nitrogens is 5. The van der Waals surface area contributed by atoms with Crippen molar-refractivity contribution in [2.45, 2.75) is 44.9 Å². The van der Waals surface area contributed by atoms with Crippen LogP contribution >= 0.6 is 0 Å². The number of hydrogen-bond donors (Lipinski definition) is 2. The summed E-state index contributed by atoms with van der Waals surface area (Å²) in [6.45, 7) is 2.95. The van der Waals surface area contributed by atoms with Crippen LogP contribution in [0.2, 0.25) is 0 Å². The maximum absolute atomic E-state index is 13.3. The molecule has 1 aliphatic heterocycles. The van der Waals surface area contributed by atoms with Gasteiger partial charge in [-0.1, -0.05) is 18.2 Å². The third-order valence-electron chi connectivity index (χ3n) is 6.77. The molecule has 1 aliphatic rings. The first-order valence-electron chi connectivity index (χ1n) is 12.0. The molecule has 0 saturated carbocycles. The molecule has 0 spiro atoms. The fourth-order valence-corrected chi connectivity index (χ4v) is 4.94. The van der Waals surface area contributed by atoms with Crippen molar-refractivity contribution in [2.24, 2.45) is 7.05 Å². The summed E-state index contributed by atoms with van der Waals surface area (Å²) in [5.41, 5.74) is 0.807. The standard InChI is InChI=1S/C25H26F3N7O2/c1-3-35-17-9-5-4-8-15(17)22(32-35)23(36)29-21-14-16(30-31-21)18-10-6-7-13-34(18)24(37)19-11-12-20(33(19)2)25(26,27)28/h4-5,8-9,11-12,14,18H,3,6-7,10,13H2,1-2H3,(H2,29,30,31,36). The molecular formula is C25H26F3N7O2. The van der Waals surface area contributed by atoms with Gasteiger partial charge in [-0.15, -0.1) is 0 Å². The van der Waals surface area contributed by atoms with Gasteiger partial charge in [0.15, 0.2) is 11.5 Å². The van der Waals surface area contributed by atoms with Gasteiger partial charge in [-0.25, -0.2) is 0 Å². The second-order valence-electron chi connectivity index (χ2n) is 9.01. The molecule has 4 aromatic rings. The van der Waals surface area contributed by atoms with E-state index >= 15 is 0 Å². The Hall–Kier alpha value is -4.09. The van der Waals surface area contributed by atoms with Crippen LogP contribution in [-0.2, 0) is 19.8 Å². The monoisotopic (exact) mass is 513 g/mol. The SMILES string of the molecule is CCn1nc(C(=O)Nc2cc(C3CCCCN3C(=O)c3ccc(C(F)(F)F)n3C)[nH]n2)c2ccccc21. The number of H-pyrrole nitrogens is 1. The Kier molecular flexibility index (Phi) is 6.26. The van der Waals surface area contributed by atoms with E-state index in [4.69, 9.17) is 0 Å². The van der Waals surface area contributed by atoms with Crippen molar-refractivity contribution in [3.05, 3.63) is 65.2 Å². The number of carbonyl (C=O) groups is 2. The van der Waals surface area contributed by atoms with Crippen molar-refractivity contribution in [1.82, 2.24) is 29.4 Å². The Bertz CT molecular complexity index is 1470. The van der Waals surface area contributed by atoms with Crippen LogP contribution in [0.15, 0.2) is 42.5 Å². The zero-order valence-electron chi connectivity index (χ0n) is 20.3. The van der Waals surface area contributed by atoms with Gasteiger partial charge in [0.25, 0.3) is 11.8 Å². The van der Waals surface area contributed by atoms with Gasteiger partial charge in [0.1, 0.15) is 11.4 Å². The number of aromatic amines is 1. The summed E-state index contributed by atoms with van der Waals surface area (Å²) < 4.78 is 42.4. The number of hydrogen-bond acceptors (Lipinski definition) is 4. The van der Waals surface area contributed by atoms with Gasteiger partial charge in [0.05, 0.1) is 17.3 Å². The molecule has 12 heteroatoms. The van der Waals surface area contributed by atoms with Crippen molar-refractivity contribution < 1.29 is 22.8 Å². The summed E-state index contributed by atoms with van der Waals surface area (Å²) in [6, 6.07) is 10.8. The topological polar surface area (TPSA) is 101 Å². The maximum Gasteiger partial charge on any atom is 0.431 e. The van der Waals surface area contributed by atoms with Crippen LogP contribution < -0.4 is 5.32 Å². The smallest absolute Gasteiger partial charge is 0.336 e. The van der Waals surface area contributed by atoms with Gasteiger partial charge in [-0.2, -0.15) is 23.4 Å². The molecule has 1 saturated heterocycles. The largest absolute Gasteiger partial charge is 0.431 e. The molecule has 2 amide bonds. The van der Waals surface area contributed by atoms with Gasteiger partial charge in [0, 0.05) is 31.6 Å². The molecule has 1 atom stereocenters. The minimum absolute atomic E-state index is 0.0364. The molecule has 194 valence electrons. The average molecular weight is 514 g/mol. The van der Waals surface area contributed by atoms with E-state index in [1.54, 1.807) is 15.6 Å². The van der Waals surface area contributed by atoms with Crippen LogP contribution in [0.5, 0.6) is 0 Å². The number of nitrogens with one attached hydrogen (secondary N) is 2. The number of para-hydroxylation sites is 1. The molecule has 2 N–H and O–H groups in total. The normalized spacial score (nSPS) is 16.4. The molecule has 9 nitrogen and oxygen atoms in total. The fourth-order valence-electron chi connectivity index (χ4n) is 4.94. The number of amides is 2. The Morgan fingerprint density at radius 3 is 2.68 bits per heavy atom. The van der Waals surface area contributed by atoms with E-state index < -0.39 is 29.7 Å². The molecule has 0 radical (unpaired) electrons. The molecular weight excluding hydrogens is 487 g/mol. The molecule has 4 heterocycles. The van der Waals surface area contributed by atoms with E-state index in [0.29, 0.717) is 25.2 Å². The first-order chi connectivity index (χ1) is 17.7. The Balaban J connectivity index is 1.37. The number of likely N-dealkylation sites (tertiary alicyclic amines) is 1. The molecule has 1 fully saturated rings. The van der Waals surface area contributed by atoms with Crippen molar-refractivity contribution in [3.63, 3.8) is 0 Å². The quantitative estimate of drug-likeness (QED) is 0.402. The highest BCUT2D eigenvalue weighted by atomic mass is 19.4. The number of benzene rings is 1. The second-order valence-corrected chi connectivity index (χ2v) is 9.01. The predicted octanol–water partition coefficient (Wildman–Crippen LogP) is 4.76. The lowest BCUT2D eigenvalue weighted by Crippen LogP contribution is -2.39. The highest BCUT2D eigenvalue weighted by Gasteiger charge is 2.37. The fraction of sp³-hybridized carbons (Fsp3) is 0.360. The molecule has 3 aromatic heterocycles. The summed E-state index contributed by atoms with van der Waals surface area (Å²) in [6.07, 6.45) is -2.35. The van der Waals surface area contributed by atoms with Crippen LogP contribution in [0.3, 0.4) is 0 Å². The first kappa shape index (κ1) is 24.6. The average Bonchev–Trinajstić information content (AvgIpc) is 3.60. The number of aryl methyl sites for hydroxylation is 1. The third kappa shape index (κ3) is 4.47. The van der Waals surface area contributed by atoms with Crippen molar-refractivity contribution >= 4 is 28.5 Å². The third-order valence-corrected chi connectivity index (χ3v) is 6.77. The number of alkyl halides is 3. The predicted molar refractivity (Wildman–Crippen MR) is 130 cm³/mol. The lowest BCUT2D eigenvalue weighted by molar-refractivity contribution is -0.143. The van der Waals surface area contributed by atoms with Gasteiger partial charge in [-0.3, -0.25) is 19.4 Å². The highest BCUT2D eigenvalue weighted by molar-refractivity contribution is 6.10. The van der Waals surface area contributed by atoms with E-state index in [-0.39, 0.29) is 17.2 Å². The lowest BCUT2D eigenvalue weighted by atomic mass is 9.99. The van der Waals surface area contributed by atoms with Gasteiger partial charge in [-0.05, 0) is 44.4 Å². The summed E-state index contributed by atoms with van der Waals surface area (Å²) in [7, 11) is 1.24. The van der Waals surface area contributed by atoms with Crippen LogP contribution in [0.4, 0.5) is 19.0 Å². The summed E-state index contributed by atoms with van der Waals surface area (Å²) in [5.74, 6) is -0.632. The molecule has 1 unspecified atom stereocenters. The lowest BCUT2D eigenvalue weighted by Gasteiger charge is -2.35. The van der Waals surface area contributed by atoms with E-state index in [2.05, 4.69) is 20.6 Å². The highest BCUT2D eigenvalue weighted by Crippen LogP contribution is 2.34. The van der Waals surface area contributed by atoms with E-state index in [1.165, 1.54) is 13.1 Å². The molecule has 1 aromatic carbocycles. The van der Waals surface area contributed by atoms with Crippen molar-refractivity contribution in [3.8, 4) is 0 Å². The minimum Gasteiger partial charge on any atom is -0.336 e. The minimum atomic E-state index is -4.55. The Morgan fingerprint density at radius 2 is 1.95 bits per heavy atom. The summed E-state index contributed by atoms with van der Waals surface area (Å²) in [4.78, 5) is 27.9. The van der Waals surface area contributed by atoms with Crippen LogP contribution in [0.1, 0.15) is 64.6 Å². The zero-order valence-corrected chi connectivity index (χ0v) is 20.3. The summed E-state index contributed by atoms with van der Waals surface area (Å²) >= 11 is 0. The molecule has 5 rings (SSSR count). The van der Waals surface area contributed by atoms with Gasteiger partial charge in [0.2, 0.25) is 0 Å². The number of carbonyl (C=O) groups excluding carboxylic acids is 2. The van der Waals surface area contributed by atoms with Crippen LogP contribution in [0.25, 0.3) is 10.9 Å². The zero-order chi connectivity index (χ0) is 26.3. The number of anilines is 1. The van der Waals surface area contributed by atoms with Crippen molar-refractivity contribution in [2.75, 3.05) is 11.9 Å². The molecule has 0 aliphatic carbocycles. The maximum atomic E-state index is 13.3.